The van der Waals surface area contributed by atoms with E-state index in [0.29, 0.717) is 10.6 Å². The van der Waals surface area contributed by atoms with Gasteiger partial charge in [0.15, 0.2) is 5.01 Å². The zero-order valence-electron chi connectivity index (χ0n) is 6.98. The number of rotatable bonds is 2. The molecule has 2 rings (SSSR count). The average Bonchev–Trinajstić information content (AvgIpc) is 2.70. The van der Waals surface area contributed by atoms with Crippen molar-refractivity contribution >= 4 is 28.7 Å². The van der Waals surface area contributed by atoms with Crippen LogP contribution in [0.15, 0.2) is 29.9 Å². The highest BCUT2D eigenvalue weighted by Crippen LogP contribution is 2.17. The zero-order chi connectivity index (χ0) is 9.97. The van der Waals surface area contributed by atoms with Gasteiger partial charge in [0, 0.05) is 17.8 Å². The number of hydrogen-bond acceptors (Lipinski definition) is 4. The van der Waals surface area contributed by atoms with Crippen molar-refractivity contribution in [3.05, 3.63) is 45.6 Å². The Kier molecular flexibility index (Phi) is 2.56. The Balaban J connectivity index is 2.42. The molecule has 2 heterocycles. The van der Waals surface area contributed by atoms with Crippen molar-refractivity contribution in [1.29, 1.82) is 0 Å². The Morgan fingerprint density at radius 3 is 2.86 bits per heavy atom. The predicted octanol–water partition coefficient (Wildman–Crippen LogP) is 2.42. The molecule has 0 amide bonds. The standard InChI is InChI=1S/C9H5ClN2OS/c10-8-6(2-1-3-11-8)7(13)9-12-4-5-14-9/h1-5H. The Labute approximate surface area is 89.4 Å². The van der Waals surface area contributed by atoms with Crippen molar-refractivity contribution in [3.8, 4) is 0 Å². The van der Waals surface area contributed by atoms with Gasteiger partial charge in [-0.25, -0.2) is 9.97 Å². The summed E-state index contributed by atoms with van der Waals surface area (Å²) in [6.45, 7) is 0. The van der Waals surface area contributed by atoms with Crippen LogP contribution in [-0.4, -0.2) is 15.8 Å². The van der Waals surface area contributed by atoms with Crippen LogP contribution in [0, 0.1) is 0 Å². The number of carbonyl (C=O) groups excluding carboxylic acids is 1. The van der Waals surface area contributed by atoms with Crippen molar-refractivity contribution < 1.29 is 4.79 Å². The van der Waals surface area contributed by atoms with Crippen molar-refractivity contribution in [2.45, 2.75) is 0 Å². The van der Waals surface area contributed by atoms with Crippen molar-refractivity contribution in [2.75, 3.05) is 0 Å². The van der Waals surface area contributed by atoms with E-state index in [1.165, 1.54) is 11.3 Å². The van der Waals surface area contributed by atoms with Gasteiger partial charge in [0.2, 0.25) is 5.78 Å². The second-order valence-corrected chi connectivity index (χ2v) is 3.76. The summed E-state index contributed by atoms with van der Waals surface area (Å²) >= 11 is 7.07. The second kappa shape index (κ2) is 3.86. The fourth-order valence-corrected chi connectivity index (χ4v) is 1.80. The van der Waals surface area contributed by atoms with Gasteiger partial charge in [-0.1, -0.05) is 11.6 Å². The van der Waals surface area contributed by atoms with Crippen LogP contribution in [0.2, 0.25) is 5.15 Å². The molecular weight excluding hydrogens is 220 g/mol. The van der Waals surface area contributed by atoms with E-state index < -0.39 is 0 Å². The quantitative estimate of drug-likeness (QED) is 0.581. The average molecular weight is 225 g/mol. The summed E-state index contributed by atoms with van der Waals surface area (Å²) in [5.41, 5.74) is 0.393. The van der Waals surface area contributed by atoms with E-state index in [-0.39, 0.29) is 10.9 Å². The first kappa shape index (κ1) is 9.30. The van der Waals surface area contributed by atoms with E-state index in [4.69, 9.17) is 11.6 Å². The summed E-state index contributed by atoms with van der Waals surface area (Å²) in [6, 6.07) is 3.31. The number of aromatic nitrogens is 2. The zero-order valence-corrected chi connectivity index (χ0v) is 8.55. The molecule has 0 unspecified atom stereocenters. The normalized spacial score (nSPS) is 10.1. The Bertz CT molecular complexity index is 456. The van der Waals surface area contributed by atoms with Gasteiger partial charge < -0.3 is 0 Å². The molecular formula is C9H5ClN2OS. The minimum Gasteiger partial charge on any atom is -0.286 e. The fourth-order valence-electron chi connectivity index (χ4n) is 1.01. The molecule has 2 aromatic rings. The van der Waals surface area contributed by atoms with E-state index in [1.807, 2.05) is 0 Å². The van der Waals surface area contributed by atoms with E-state index >= 15 is 0 Å². The largest absolute Gasteiger partial charge is 0.286 e. The van der Waals surface area contributed by atoms with Crippen LogP contribution in [0.1, 0.15) is 15.4 Å². The fraction of sp³-hybridized carbons (Fsp3) is 0. The lowest BCUT2D eigenvalue weighted by atomic mass is 10.2. The second-order valence-electron chi connectivity index (χ2n) is 2.51. The maximum absolute atomic E-state index is 11.8. The summed E-state index contributed by atoms with van der Waals surface area (Å²) in [7, 11) is 0. The van der Waals surface area contributed by atoms with Gasteiger partial charge in [-0.2, -0.15) is 0 Å². The minimum atomic E-state index is -0.182. The minimum absolute atomic E-state index is 0.182. The molecule has 0 fully saturated rings. The van der Waals surface area contributed by atoms with Gasteiger partial charge in [-0.15, -0.1) is 11.3 Å². The van der Waals surface area contributed by atoms with Crippen molar-refractivity contribution in [3.63, 3.8) is 0 Å². The molecule has 0 aliphatic rings. The van der Waals surface area contributed by atoms with Crippen LogP contribution in [0.3, 0.4) is 0 Å². The molecule has 0 saturated carbocycles. The van der Waals surface area contributed by atoms with Gasteiger partial charge in [0.05, 0.1) is 5.56 Å². The van der Waals surface area contributed by atoms with Crippen molar-refractivity contribution in [2.24, 2.45) is 0 Å². The highest BCUT2D eigenvalue weighted by molar-refractivity contribution is 7.11. The molecule has 14 heavy (non-hydrogen) atoms. The lowest BCUT2D eigenvalue weighted by Gasteiger charge is -1.97. The van der Waals surface area contributed by atoms with Crippen LogP contribution in [0.25, 0.3) is 0 Å². The van der Waals surface area contributed by atoms with Gasteiger partial charge in [-0.05, 0) is 12.1 Å². The van der Waals surface area contributed by atoms with Gasteiger partial charge in [-0.3, -0.25) is 4.79 Å². The molecule has 70 valence electrons. The molecule has 5 heteroatoms. The van der Waals surface area contributed by atoms with Crippen LogP contribution in [-0.2, 0) is 0 Å². The molecule has 0 aliphatic carbocycles. The summed E-state index contributed by atoms with van der Waals surface area (Å²) < 4.78 is 0. The lowest BCUT2D eigenvalue weighted by Crippen LogP contribution is -2.01. The number of nitrogens with zero attached hydrogens (tertiary/aromatic N) is 2. The maximum Gasteiger partial charge on any atom is 0.224 e. The lowest BCUT2D eigenvalue weighted by molar-refractivity contribution is 0.103. The third-order valence-corrected chi connectivity index (χ3v) is 2.70. The molecule has 0 aliphatic heterocycles. The van der Waals surface area contributed by atoms with Crippen LogP contribution >= 0.6 is 22.9 Å². The SMILES string of the molecule is O=C(c1nccs1)c1cccnc1Cl. The summed E-state index contributed by atoms with van der Waals surface area (Å²) in [4.78, 5) is 19.5. The summed E-state index contributed by atoms with van der Waals surface area (Å²) in [5, 5.41) is 2.39. The first-order valence-electron chi connectivity index (χ1n) is 3.84. The number of hydrogen-bond donors (Lipinski definition) is 0. The molecule has 0 bridgehead atoms. The smallest absolute Gasteiger partial charge is 0.224 e. The molecule has 0 radical (unpaired) electrons. The van der Waals surface area contributed by atoms with Gasteiger partial charge in [0.25, 0.3) is 0 Å². The van der Waals surface area contributed by atoms with Gasteiger partial charge in [0.1, 0.15) is 5.15 Å². The molecule has 2 aromatic heterocycles. The molecule has 0 N–H and O–H groups in total. The number of ketones is 1. The Morgan fingerprint density at radius 1 is 1.36 bits per heavy atom. The molecule has 0 saturated heterocycles. The highest BCUT2D eigenvalue weighted by Gasteiger charge is 2.14. The number of carbonyl (C=O) groups is 1. The van der Waals surface area contributed by atoms with Crippen molar-refractivity contribution in [1.82, 2.24) is 9.97 Å². The molecule has 3 nitrogen and oxygen atoms in total. The Morgan fingerprint density at radius 2 is 2.21 bits per heavy atom. The molecule has 0 aromatic carbocycles. The van der Waals surface area contributed by atoms with E-state index in [2.05, 4.69) is 9.97 Å². The molecule has 0 atom stereocenters. The van der Waals surface area contributed by atoms with Crippen LogP contribution in [0.4, 0.5) is 0 Å². The van der Waals surface area contributed by atoms with Gasteiger partial charge >= 0.3 is 0 Å². The number of halogens is 1. The summed E-state index contributed by atoms with van der Waals surface area (Å²) in [5.74, 6) is -0.182. The van der Waals surface area contributed by atoms with Crippen LogP contribution < -0.4 is 0 Å². The topological polar surface area (TPSA) is 42.9 Å². The highest BCUT2D eigenvalue weighted by atomic mass is 35.5. The third kappa shape index (κ3) is 1.66. The molecule has 0 spiro atoms. The predicted molar refractivity (Wildman–Crippen MR) is 54.8 cm³/mol. The van der Waals surface area contributed by atoms with E-state index in [1.54, 1.807) is 29.9 Å². The first-order valence-corrected chi connectivity index (χ1v) is 5.09. The third-order valence-electron chi connectivity index (χ3n) is 1.63. The first-order chi connectivity index (χ1) is 6.79. The maximum atomic E-state index is 11.8. The number of pyridine rings is 1. The van der Waals surface area contributed by atoms with Crippen LogP contribution in [0.5, 0.6) is 0 Å². The Hall–Kier alpha value is -1.26. The number of thiazole rings is 1. The van der Waals surface area contributed by atoms with E-state index in [9.17, 15) is 4.79 Å². The van der Waals surface area contributed by atoms with E-state index in [0.717, 1.165) is 0 Å². The summed E-state index contributed by atoms with van der Waals surface area (Å²) in [6.07, 6.45) is 3.13. The monoisotopic (exact) mass is 224 g/mol.